The Morgan fingerprint density at radius 1 is 1.26 bits per heavy atom. The van der Waals surface area contributed by atoms with Crippen LogP contribution in [-0.2, 0) is 0 Å². The van der Waals surface area contributed by atoms with Gasteiger partial charge in [-0.15, -0.1) is 0 Å². The lowest BCUT2D eigenvalue weighted by molar-refractivity contribution is -0.385. The maximum Gasteiger partial charge on any atom is 0.271 e. The van der Waals surface area contributed by atoms with Crippen molar-refractivity contribution >= 4 is 43.4 Å². The number of anilines is 1. The first-order chi connectivity index (χ1) is 8.97. The third-order valence-electron chi connectivity index (χ3n) is 2.17. The monoisotopic (exact) mass is 387 g/mol. The Hall–Kier alpha value is -1.67. The van der Waals surface area contributed by atoms with E-state index in [0.29, 0.717) is 26.3 Å². The van der Waals surface area contributed by atoms with Crippen LogP contribution in [-0.4, -0.2) is 9.91 Å². The van der Waals surface area contributed by atoms with Crippen LogP contribution >= 0.6 is 31.9 Å². The van der Waals surface area contributed by atoms with E-state index in [2.05, 4.69) is 36.8 Å². The molecule has 0 aliphatic heterocycles. The number of halogens is 2. The first-order valence-electron chi connectivity index (χ1n) is 5.00. The standard InChI is InChI=1S/C11H7Br2N3O3/c12-8-3-6(16(17)18)4-9(13)11(8)19-7-1-2-15-10(14)5-7/h1-5H,(H2,14,15). The number of nitrogens with two attached hydrogens (primary N) is 1. The topological polar surface area (TPSA) is 91.3 Å². The van der Waals surface area contributed by atoms with Crippen molar-refractivity contribution in [2.75, 3.05) is 5.73 Å². The highest BCUT2D eigenvalue weighted by atomic mass is 79.9. The summed E-state index contributed by atoms with van der Waals surface area (Å²) in [7, 11) is 0. The third-order valence-corrected chi connectivity index (χ3v) is 3.34. The maximum atomic E-state index is 10.7. The van der Waals surface area contributed by atoms with Crippen molar-refractivity contribution in [3.63, 3.8) is 0 Å². The number of nitrogen functional groups attached to an aromatic ring is 1. The highest BCUT2D eigenvalue weighted by Gasteiger charge is 2.15. The summed E-state index contributed by atoms with van der Waals surface area (Å²) in [6.07, 6.45) is 1.51. The number of ether oxygens (including phenoxy) is 1. The lowest BCUT2D eigenvalue weighted by atomic mass is 10.3. The molecule has 1 aromatic heterocycles. The maximum absolute atomic E-state index is 10.7. The van der Waals surface area contributed by atoms with Crippen molar-refractivity contribution in [3.8, 4) is 11.5 Å². The summed E-state index contributed by atoms with van der Waals surface area (Å²) >= 11 is 6.47. The second-order valence-corrected chi connectivity index (χ2v) is 5.22. The van der Waals surface area contributed by atoms with Gasteiger partial charge in [0.15, 0.2) is 5.75 Å². The Morgan fingerprint density at radius 2 is 1.89 bits per heavy atom. The zero-order valence-electron chi connectivity index (χ0n) is 9.34. The molecule has 0 saturated carbocycles. The molecule has 8 heteroatoms. The molecule has 0 unspecified atom stereocenters. The van der Waals surface area contributed by atoms with Crippen LogP contribution in [0.2, 0.25) is 0 Å². The molecule has 1 heterocycles. The second-order valence-electron chi connectivity index (χ2n) is 3.51. The molecule has 0 aliphatic rings. The summed E-state index contributed by atoms with van der Waals surface area (Å²) in [6, 6.07) is 5.92. The minimum absolute atomic E-state index is 0.0413. The van der Waals surface area contributed by atoms with E-state index in [1.807, 2.05) is 0 Å². The van der Waals surface area contributed by atoms with Crippen LogP contribution in [0.25, 0.3) is 0 Å². The number of nitro benzene ring substituents is 1. The van der Waals surface area contributed by atoms with E-state index in [1.165, 1.54) is 18.3 Å². The second kappa shape index (κ2) is 5.54. The molecule has 2 N–H and O–H groups in total. The summed E-state index contributed by atoms with van der Waals surface area (Å²) in [4.78, 5) is 14.1. The molecule has 0 radical (unpaired) electrons. The van der Waals surface area contributed by atoms with Gasteiger partial charge in [-0.1, -0.05) is 0 Å². The molecule has 0 saturated heterocycles. The predicted octanol–water partition coefficient (Wildman–Crippen LogP) is 3.89. The van der Waals surface area contributed by atoms with Gasteiger partial charge in [-0.25, -0.2) is 4.98 Å². The first kappa shape index (κ1) is 13.8. The van der Waals surface area contributed by atoms with E-state index >= 15 is 0 Å². The van der Waals surface area contributed by atoms with Gasteiger partial charge in [-0.3, -0.25) is 10.1 Å². The van der Waals surface area contributed by atoms with Crippen LogP contribution in [0.15, 0.2) is 39.4 Å². The number of pyridine rings is 1. The Bertz CT molecular complexity index is 626. The average Bonchev–Trinajstić information content (AvgIpc) is 2.33. The molecule has 1 aromatic carbocycles. The number of hydrogen-bond donors (Lipinski definition) is 1. The van der Waals surface area contributed by atoms with Crippen LogP contribution in [0, 0.1) is 10.1 Å². The fraction of sp³-hybridized carbons (Fsp3) is 0. The van der Waals surface area contributed by atoms with Gasteiger partial charge in [-0.2, -0.15) is 0 Å². The number of nitro groups is 1. The van der Waals surface area contributed by atoms with E-state index in [1.54, 1.807) is 12.1 Å². The highest BCUT2D eigenvalue weighted by molar-refractivity contribution is 9.11. The molecule has 0 aliphatic carbocycles. The van der Waals surface area contributed by atoms with Crippen LogP contribution in [0.5, 0.6) is 11.5 Å². The molecule has 2 aromatic rings. The van der Waals surface area contributed by atoms with Gasteiger partial charge < -0.3 is 10.5 Å². The third kappa shape index (κ3) is 3.21. The van der Waals surface area contributed by atoms with Gasteiger partial charge in [-0.05, 0) is 37.9 Å². The van der Waals surface area contributed by atoms with Crippen molar-refractivity contribution in [2.24, 2.45) is 0 Å². The van der Waals surface area contributed by atoms with Gasteiger partial charge in [0.05, 0.1) is 13.9 Å². The molecule has 98 valence electrons. The molecule has 0 bridgehead atoms. The molecule has 0 amide bonds. The van der Waals surface area contributed by atoms with Crippen molar-refractivity contribution in [1.82, 2.24) is 4.98 Å². The number of hydrogen-bond acceptors (Lipinski definition) is 5. The molecule has 0 spiro atoms. The minimum Gasteiger partial charge on any atom is -0.455 e. The molecular formula is C11H7Br2N3O3. The van der Waals surface area contributed by atoms with Gasteiger partial charge in [0.2, 0.25) is 0 Å². The van der Waals surface area contributed by atoms with Gasteiger partial charge >= 0.3 is 0 Å². The summed E-state index contributed by atoms with van der Waals surface area (Å²) < 4.78 is 6.54. The molecule has 0 atom stereocenters. The Balaban J connectivity index is 2.38. The molecule has 2 rings (SSSR count). The van der Waals surface area contributed by atoms with Crippen molar-refractivity contribution in [1.29, 1.82) is 0 Å². The normalized spacial score (nSPS) is 10.2. The quantitative estimate of drug-likeness (QED) is 0.636. The van der Waals surface area contributed by atoms with Gasteiger partial charge in [0.25, 0.3) is 5.69 Å². The van der Waals surface area contributed by atoms with Crippen molar-refractivity contribution in [3.05, 3.63) is 49.5 Å². The lowest BCUT2D eigenvalue weighted by Gasteiger charge is -2.10. The summed E-state index contributed by atoms with van der Waals surface area (Å²) in [5.74, 6) is 1.24. The summed E-state index contributed by atoms with van der Waals surface area (Å²) in [5, 5.41) is 10.7. The Morgan fingerprint density at radius 3 is 2.42 bits per heavy atom. The van der Waals surface area contributed by atoms with E-state index in [-0.39, 0.29) is 5.69 Å². The van der Waals surface area contributed by atoms with Crippen molar-refractivity contribution in [2.45, 2.75) is 0 Å². The van der Waals surface area contributed by atoms with E-state index in [0.717, 1.165) is 0 Å². The van der Waals surface area contributed by atoms with Crippen LogP contribution in [0.3, 0.4) is 0 Å². The highest BCUT2D eigenvalue weighted by Crippen LogP contribution is 2.39. The number of non-ortho nitro benzene ring substituents is 1. The van der Waals surface area contributed by atoms with Gasteiger partial charge in [0, 0.05) is 24.4 Å². The predicted molar refractivity (Wildman–Crippen MR) is 77.2 cm³/mol. The van der Waals surface area contributed by atoms with E-state index < -0.39 is 4.92 Å². The Labute approximate surface area is 125 Å². The summed E-state index contributed by atoms with van der Waals surface area (Å²) in [6.45, 7) is 0. The zero-order valence-corrected chi connectivity index (χ0v) is 12.5. The molecule has 6 nitrogen and oxygen atoms in total. The van der Waals surface area contributed by atoms with Crippen molar-refractivity contribution < 1.29 is 9.66 Å². The lowest BCUT2D eigenvalue weighted by Crippen LogP contribution is -1.93. The smallest absolute Gasteiger partial charge is 0.271 e. The molecule has 0 fully saturated rings. The zero-order chi connectivity index (χ0) is 14.0. The molecule has 19 heavy (non-hydrogen) atoms. The molecular weight excluding hydrogens is 382 g/mol. The average molecular weight is 389 g/mol. The van der Waals surface area contributed by atoms with Crippen LogP contribution in [0.1, 0.15) is 0 Å². The number of nitrogens with zero attached hydrogens (tertiary/aromatic N) is 2. The van der Waals surface area contributed by atoms with E-state index in [9.17, 15) is 10.1 Å². The number of benzene rings is 1. The van der Waals surface area contributed by atoms with E-state index in [4.69, 9.17) is 10.5 Å². The SMILES string of the molecule is Nc1cc(Oc2c(Br)cc([N+](=O)[O-])cc2Br)ccn1. The largest absolute Gasteiger partial charge is 0.455 e. The Kier molecular flexibility index (Phi) is 4.01. The first-order valence-corrected chi connectivity index (χ1v) is 6.59. The van der Waals surface area contributed by atoms with Crippen LogP contribution < -0.4 is 10.5 Å². The minimum atomic E-state index is -0.482. The number of rotatable bonds is 3. The number of aromatic nitrogens is 1. The fourth-order valence-corrected chi connectivity index (χ4v) is 2.68. The van der Waals surface area contributed by atoms with Gasteiger partial charge in [0.1, 0.15) is 11.6 Å². The fourth-order valence-electron chi connectivity index (χ4n) is 1.36. The summed E-state index contributed by atoms with van der Waals surface area (Å²) in [5.41, 5.74) is 5.51. The van der Waals surface area contributed by atoms with Crippen LogP contribution in [0.4, 0.5) is 11.5 Å².